The van der Waals surface area contributed by atoms with E-state index in [0.717, 1.165) is 4.90 Å². The quantitative estimate of drug-likeness (QED) is 0.785. The molecule has 0 aromatic heterocycles. The summed E-state index contributed by atoms with van der Waals surface area (Å²) in [5, 5.41) is 4.17. The second-order valence-electron chi connectivity index (χ2n) is 5.29. The molecule has 4 rings (SSSR count). The molecule has 3 amide bonds. The number of rotatable bonds is 1. The number of nitrogens with zero attached hydrogens (tertiary/aromatic N) is 4. The molecular weight excluding hydrogens is 302 g/mol. The number of urea groups is 1. The molecule has 3 aliphatic heterocycles. The average Bonchev–Trinajstić information content (AvgIpc) is 3.05. The van der Waals surface area contributed by atoms with Crippen molar-refractivity contribution < 1.29 is 19.1 Å². The summed E-state index contributed by atoms with van der Waals surface area (Å²) in [7, 11) is 3.01. The number of ether oxygens (including phenoxy) is 2. The molecule has 0 spiro atoms. The molecule has 0 aliphatic carbocycles. The van der Waals surface area contributed by atoms with E-state index in [1.54, 1.807) is 25.2 Å². The van der Waals surface area contributed by atoms with Crippen LogP contribution in [-0.4, -0.2) is 60.3 Å². The number of hydrogen-bond donors (Lipinski definition) is 1. The molecule has 0 bridgehead atoms. The Labute approximate surface area is 131 Å². The van der Waals surface area contributed by atoms with Crippen LogP contribution in [0.1, 0.15) is 5.56 Å². The predicted molar refractivity (Wildman–Crippen MR) is 79.4 cm³/mol. The van der Waals surface area contributed by atoms with Crippen LogP contribution in [0, 0.1) is 0 Å². The van der Waals surface area contributed by atoms with Crippen molar-refractivity contribution in [3.8, 4) is 11.5 Å². The van der Waals surface area contributed by atoms with Crippen molar-refractivity contribution in [2.45, 2.75) is 6.17 Å². The molecule has 1 saturated heterocycles. The summed E-state index contributed by atoms with van der Waals surface area (Å²) >= 11 is 0. The zero-order valence-electron chi connectivity index (χ0n) is 12.4. The lowest BCUT2D eigenvalue weighted by Crippen LogP contribution is -2.64. The third-order valence-corrected chi connectivity index (χ3v) is 3.91. The highest BCUT2D eigenvalue weighted by Gasteiger charge is 2.42. The molecule has 1 fully saturated rings. The van der Waals surface area contributed by atoms with E-state index in [-0.39, 0.29) is 12.5 Å². The fourth-order valence-electron chi connectivity index (χ4n) is 2.59. The number of fused-ring (bicyclic) bond motifs is 2. The highest BCUT2D eigenvalue weighted by molar-refractivity contribution is 6.46. The van der Waals surface area contributed by atoms with Gasteiger partial charge >= 0.3 is 6.03 Å². The number of aliphatic imine (C=N–C) groups is 1. The zero-order chi connectivity index (χ0) is 16.1. The van der Waals surface area contributed by atoms with Crippen molar-refractivity contribution in [2.24, 2.45) is 10.1 Å². The summed E-state index contributed by atoms with van der Waals surface area (Å²) in [6.07, 6.45) is -0.663. The lowest BCUT2D eigenvalue weighted by molar-refractivity contribution is -0.122. The fraction of sp³-hybridized carbons (Fsp3) is 0.286. The summed E-state index contributed by atoms with van der Waals surface area (Å²) < 4.78 is 10.6. The molecule has 0 saturated carbocycles. The molecule has 0 radical (unpaired) electrons. The smallest absolute Gasteiger partial charge is 0.328 e. The minimum atomic E-state index is -0.663. The highest BCUT2D eigenvalue weighted by atomic mass is 16.7. The topological polar surface area (TPSA) is 95.8 Å². The largest absolute Gasteiger partial charge is 0.454 e. The van der Waals surface area contributed by atoms with Gasteiger partial charge in [0.05, 0.1) is 0 Å². The van der Waals surface area contributed by atoms with Crippen molar-refractivity contribution in [1.29, 1.82) is 0 Å². The molecule has 3 heterocycles. The zero-order valence-corrected chi connectivity index (χ0v) is 12.4. The Balaban J connectivity index is 1.71. The van der Waals surface area contributed by atoms with E-state index in [0.29, 0.717) is 22.9 Å². The maximum Gasteiger partial charge on any atom is 0.328 e. The van der Waals surface area contributed by atoms with Crippen LogP contribution < -0.4 is 14.9 Å². The van der Waals surface area contributed by atoms with Gasteiger partial charge in [0.15, 0.2) is 29.2 Å². The van der Waals surface area contributed by atoms with Gasteiger partial charge in [0.2, 0.25) is 6.79 Å². The first-order valence-corrected chi connectivity index (χ1v) is 6.93. The standard InChI is InChI=1S/C14H13N5O4/c1-18-12-10(13(20)19(2)14(18)21)15-11(16-17-12)7-3-4-8-9(5-7)23-6-22-8/h3-5,12,17H,6H2,1-2H3. The molecular formula is C14H13N5O4. The van der Waals surface area contributed by atoms with Gasteiger partial charge in [0.1, 0.15) is 0 Å². The number of hydrazone groups is 1. The Morgan fingerprint density at radius 3 is 2.83 bits per heavy atom. The summed E-state index contributed by atoms with van der Waals surface area (Å²) in [6.45, 7) is 0.177. The van der Waals surface area contributed by atoms with Gasteiger partial charge in [-0.25, -0.2) is 9.79 Å². The van der Waals surface area contributed by atoms with Crippen molar-refractivity contribution in [2.75, 3.05) is 20.9 Å². The Morgan fingerprint density at radius 1 is 1.22 bits per heavy atom. The molecule has 1 aromatic rings. The first kappa shape index (κ1) is 13.6. The first-order chi connectivity index (χ1) is 11.1. The molecule has 118 valence electrons. The van der Waals surface area contributed by atoms with Crippen LogP contribution in [0.25, 0.3) is 0 Å². The van der Waals surface area contributed by atoms with Crippen molar-refractivity contribution in [3.63, 3.8) is 0 Å². The minimum absolute atomic E-state index is 0.177. The van der Waals surface area contributed by atoms with Gasteiger partial charge in [-0.2, -0.15) is 5.10 Å². The van der Waals surface area contributed by atoms with E-state index in [9.17, 15) is 9.59 Å². The number of hydrogen-bond acceptors (Lipinski definition) is 7. The highest BCUT2D eigenvalue weighted by Crippen LogP contribution is 2.33. The van der Waals surface area contributed by atoms with Crippen LogP contribution in [0.5, 0.6) is 11.5 Å². The summed E-state index contributed by atoms with van der Waals surface area (Å²) in [6, 6.07) is 4.88. The molecule has 1 unspecified atom stereocenters. The monoisotopic (exact) mass is 315 g/mol. The summed E-state index contributed by atoms with van der Waals surface area (Å²) in [4.78, 5) is 31.0. The second-order valence-corrected chi connectivity index (χ2v) is 5.29. The van der Waals surface area contributed by atoms with E-state index >= 15 is 0 Å². The number of imide groups is 1. The van der Waals surface area contributed by atoms with Crippen LogP contribution in [0.3, 0.4) is 0 Å². The van der Waals surface area contributed by atoms with Gasteiger partial charge in [-0.3, -0.25) is 20.0 Å². The van der Waals surface area contributed by atoms with E-state index in [4.69, 9.17) is 9.47 Å². The third-order valence-electron chi connectivity index (χ3n) is 3.91. The lowest BCUT2D eigenvalue weighted by Gasteiger charge is -2.37. The van der Waals surface area contributed by atoms with Gasteiger partial charge in [-0.05, 0) is 18.2 Å². The van der Waals surface area contributed by atoms with E-state index in [1.807, 2.05) is 0 Å². The van der Waals surface area contributed by atoms with Crippen molar-refractivity contribution >= 4 is 23.5 Å². The van der Waals surface area contributed by atoms with E-state index in [2.05, 4.69) is 15.5 Å². The lowest BCUT2D eigenvalue weighted by atomic mass is 10.1. The Morgan fingerprint density at radius 2 is 2.00 bits per heavy atom. The normalized spacial score (nSPS) is 22.4. The molecule has 9 nitrogen and oxygen atoms in total. The first-order valence-electron chi connectivity index (χ1n) is 6.93. The number of amidine groups is 1. The Hall–Kier alpha value is -3.10. The number of amides is 3. The van der Waals surface area contributed by atoms with Crippen LogP contribution in [0.2, 0.25) is 0 Å². The number of carbonyl (C=O) groups is 2. The minimum Gasteiger partial charge on any atom is -0.454 e. The van der Waals surface area contributed by atoms with Crippen LogP contribution in [0.4, 0.5) is 4.79 Å². The molecule has 3 aliphatic rings. The van der Waals surface area contributed by atoms with Crippen molar-refractivity contribution in [3.05, 3.63) is 23.8 Å². The maximum absolute atomic E-state index is 12.3. The van der Waals surface area contributed by atoms with Gasteiger partial charge in [0.25, 0.3) is 5.91 Å². The maximum atomic E-state index is 12.3. The van der Waals surface area contributed by atoms with E-state index < -0.39 is 18.1 Å². The fourth-order valence-corrected chi connectivity index (χ4v) is 2.59. The SMILES string of the molecule is CN1C(=O)C2=NC(c3ccc4c(c3)OCO4)=NNC2N(C)C1=O. The Bertz CT molecular complexity index is 787. The van der Waals surface area contributed by atoms with E-state index in [1.165, 1.54) is 11.9 Å². The Kier molecular flexibility index (Phi) is 2.77. The molecule has 1 aromatic carbocycles. The van der Waals surface area contributed by atoms with Gasteiger partial charge in [-0.15, -0.1) is 0 Å². The third kappa shape index (κ3) is 1.93. The number of nitrogens with one attached hydrogen (secondary N) is 1. The van der Waals surface area contributed by atoms with Crippen LogP contribution in [0.15, 0.2) is 28.3 Å². The van der Waals surface area contributed by atoms with Crippen LogP contribution >= 0.6 is 0 Å². The number of benzene rings is 1. The van der Waals surface area contributed by atoms with Gasteiger partial charge in [-0.1, -0.05) is 0 Å². The number of carbonyl (C=O) groups excluding carboxylic acids is 2. The van der Waals surface area contributed by atoms with Gasteiger partial charge < -0.3 is 9.47 Å². The van der Waals surface area contributed by atoms with Gasteiger partial charge in [0, 0.05) is 19.7 Å². The molecule has 1 atom stereocenters. The molecule has 23 heavy (non-hydrogen) atoms. The predicted octanol–water partition coefficient (Wildman–Crippen LogP) is -0.0290. The molecule has 1 N–H and O–H groups in total. The summed E-state index contributed by atoms with van der Waals surface area (Å²) in [5.74, 6) is 1.16. The van der Waals surface area contributed by atoms with Crippen LogP contribution in [-0.2, 0) is 4.79 Å². The average molecular weight is 315 g/mol. The second kappa shape index (κ2) is 4.70. The molecule has 9 heteroatoms. The summed E-state index contributed by atoms with van der Waals surface area (Å²) in [5.41, 5.74) is 3.71. The van der Waals surface area contributed by atoms with Crippen molar-refractivity contribution in [1.82, 2.24) is 15.2 Å².